The van der Waals surface area contributed by atoms with E-state index in [9.17, 15) is 0 Å². The van der Waals surface area contributed by atoms with Crippen LogP contribution in [0.5, 0.6) is 0 Å². The van der Waals surface area contributed by atoms with Gasteiger partial charge in [-0.3, -0.25) is 4.79 Å². The number of hydrogen-bond donors (Lipinski definition) is 0. The Balaban J connectivity index is 1.67. The van der Waals surface area contributed by atoms with E-state index in [0.29, 0.717) is 17.6 Å². The lowest BCUT2D eigenvalue weighted by atomic mass is 9.51. The van der Waals surface area contributed by atoms with Crippen LogP contribution >= 0.6 is 0 Å². The van der Waals surface area contributed by atoms with E-state index in [1.807, 2.05) is 0 Å². The summed E-state index contributed by atoms with van der Waals surface area (Å²) in [4.78, 5) is 15.2. The van der Waals surface area contributed by atoms with Gasteiger partial charge < -0.3 is 0 Å². The second-order valence-electron chi connectivity index (χ2n) is 10.3. The van der Waals surface area contributed by atoms with Crippen molar-refractivity contribution in [2.45, 2.75) is 23.7 Å². The maximum absolute atomic E-state index is 15.2. The molecule has 0 amide bonds. The van der Waals surface area contributed by atoms with Crippen molar-refractivity contribution >= 4 is 27.3 Å². The van der Waals surface area contributed by atoms with Crippen LogP contribution < -0.4 is 0 Å². The van der Waals surface area contributed by atoms with E-state index in [-0.39, 0.29) is 0 Å². The van der Waals surface area contributed by atoms with Gasteiger partial charge >= 0.3 is 0 Å². The molecule has 162 valence electrons. The lowest BCUT2D eigenvalue weighted by Gasteiger charge is -2.50. The second kappa shape index (κ2) is 6.24. The third-order valence-electron chi connectivity index (χ3n) is 9.28. The normalized spacial score (nSPS) is 28.6. The molecule has 1 heteroatoms. The van der Waals surface area contributed by atoms with Gasteiger partial charge in [-0.25, -0.2) is 0 Å². The van der Waals surface area contributed by atoms with Crippen LogP contribution in [0.1, 0.15) is 35.1 Å². The van der Waals surface area contributed by atoms with E-state index >= 15 is 4.79 Å². The van der Waals surface area contributed by atoms with E-state index in [1.54, 1.807) is 0 Å². The molecular formula is C33H24O. The predicted octanol–water partition coefficient (Wildman–Crippen LogP) is 7.19. The first kappa shape index (κ1) is 18.7. The summed E-state index contributed by atoms with van der Waals surface area (Å²) in [5, 5.41) is 5.01. The number of benzene rings is 5. The highest BCUT2D eigenvalue weighted by atomic mass is 16.1. The van der Waals surface area contributed by atoms with Crippen molar-refractivity contribution in [3.8, 4) is 0 Å². The maximum atomic E-state index is 15.2. The highest BCUT2D eigenvalue weighted by Gasteiger charge is 2.78. The molecule has 2 saturated carbocycles. The van der Waals surface area contributed by atoms with Gasteiger partial charge in [0.25, 0.3) is 0 Å². The number of rotatable bonds is 2. The van der Waals surface area contributed by atoms with Gasteiger partial charge in [-0.1, -0.05) is 109 Å². The molecule has 34 heavy (non-hydrogen) atoms. The summed E-state index contributed by atoms with van der Waals surface area (Å²) in [6, 6.07) is 38.9. The minimum atomic E-state index is -0.584. The molecule has 3 aliphatic rings. The van der Waals surface area contributed by atoms with Gasteiger partial charge in [-0.2, -0.15) is 0 Å². The molecule has 0 aliphatic heterocycles. The molecule has 5 aromatic rings. The van der Waals surface area contributed by atoms with Crippen LogP contribution in [-0.2, 0) is 15.6 Å². The highest BCUT2D eigenvalue weighted by molar-refractivity contribution is 6.23. The monoisotopic (exact) mass is 436 g/mol. The van der Waals surface area contributed by atoms with Crippen molar-refractivity contribution in [1.29, 1.82) is 0 Å². The summed E-state index contributed by atoms with van der Waals surface area (Å²) in [6.07, 6.45) is 2.22. The van der Waals surface area contributed by atoms with Crippen LogP contribution in [0.3, 0.4) is 0 Å². The van der Waals surface area contributed by atoms with Gasteiger partial charge in [0.2, 0.25) is 0 Å². The molecule has 2 bridgehead atoms. The lowest BCUT2D eigenvalue weighted by Crippen LogP contribution is -2.46. The zero-order valence-electron chi connectivity index (χ0n) is 18.9. The first-order chi connectivity index (χ1) is 16.8. The van der Waals surface area contributed by atoms with Gasteiger partial charge in [0.15, 0.2) is 5.78 Å². The molecule has 0 radical (unpaired) electrons. The zero-order valence-corrected chi connectivity index (χ0v) is 18.9. The molecule has 0 N–H and O–H groups in total. The fourth-order valence-corrected chi connectivity index (χ4v) is 8.12. The van der Waals surface area contributed by atoms with E-state index in [0.717, 1.165) is 12.8 Å². The molecule has 0 aromatic heterocycles. The quantitative estimate of drug-likeness (QED) is 0.268. The zero-order chi connectivity index (χ0) is 22.5. The molecule has 0 saturated heterocycles. The van der Waals surface area contributed by atoms with Gasteiger partial charge in [0.1, 0.15) is 0 Å². The Morgan fingerprint density at radius 3 is 1.21 bits per heavy atom. The first-order valence-electron chi connectivity index (χ1n) is 12.4. The molecule has 0 spiro atoms. The van der Waals surface area contributed by atoms with Crippen LogP contribution in [-0.4, -0.2) is 5.78 Å². The van der Waals surface area contributed by atoms with Crippen LogP contribution in [0.25, 0.3) is 21.5 Å². The van der Waals surface area contributed by atoms with Crippen molar-refractivity contribution in [2.24, 2.45) is 11.8 Å². The second-order valence-corrected chi connectivity index (χ2v) is 10.3. The third-order valence-corrected chi connectivity index (χ3v) is 9.28. The number of fused-ring (bicyclic) bond motifs is 13. The molecular weight excluding hydrogens is 412 g/mol. The Bertz CT molecular complexity index is 1510. The Kier molecular flexibility index (Phi) is 3.43. The van der Waals surface area contributed by atoms with Crippen LogP contribution in [0, 0.1) is 11.8 Å². The summed E-state index contributed by atoms with van der Waals surface area (Å²) in [6.45, 7) is 0. The minimum Gasteiger partial charge on any atom is -0.297 e. The van der Waals surface area contributed by atoms with Crippen molar-refractivity contribution in [2.75, 3.05) is 0 Å². The van der Waals surface area contributed by atoms with Crippen molar-refractivity contribution < 1.29 is 4.79 Å². The summed E-state index contributed by atoms with van der Waals surface area (Å²) < 4.78 is 0. The summed E-state index contributed by atoms with van der Waals surface area (Å²) >= 11 is 0. The largest absolute Gasteiger partial charge is 0.297 e. The number of hydrogen-bond acceptors (Lipinski definition) is 1. The molecule has 0 heterocycles. The SMILES string of the molecule is O=C1[C@]2(c3ccccc3)c3c(c4ccccc4c4ccccc34)[C@@]1(c1ccccc1)[C@H]1CC[C@H]12. The molecule has 3 aliphatic carbocycles. The van der Waals surface area contributed by atoms with E-state index in [4.69, 9.17) is 0 Å². The maximum Gasteiger partial charge on any atom is 0.163 e. The minimum absolute atomic E-state index is 0.347. The fourth-order valence-electron chi connectivity index (χ4n) is 8.12. The first-order valence-corrected chi connectivity index (χ1v) is 12.4. The molecule has 5 aromatic carbocycles. The van der Waals surface area contributed by atoms with Crippen LogP contribution in [0.15, 0.2) is 109 Å². The average Bonchev–Trinajstić information content (AvgIpc) is 3.20. The van der Waals surface area contributed by atoms with Gasteiger partial charge in [-0.05, 0) is 68.5 Å². The van der Waals surface area contributed by atoms with E-state index < -0.39 is 10.8 Å². The van der Waals surface area contributed by atoms with Crippen LogP contribution in [0.2, 0.25) is 0 Å². The molecule has 1 nitrogen and oxygen atoms in total. The summed E-state index contributed by atoms with van der Waals surface area (Å²) in [5.74, 6) is 1.10. The van der Waals surface area contributed by atoms with Gasteiger partial charge in [-0.15, -0.1) is 0 Å². The number of carbonyl (C=O) groups excluding carboxylic acids is 1. The Morgan fingerprint density at radius 2 is 0.824 bits per heavy atom. The van der Waals surface area contributed by atoms with E-state index in [1.165, 1.54) is 43.8 Å². The van der Waals surface area contributed by atoms with E-state index in [2.05, 4.69) is 109 Å². The number of ketones is 1. The van der Waals surface area contributed by atoms with Gasteiger partial charge in [0.05, 0.1) is 10.8 Å². The smallest absolute Gasteiger partial charge is 0.163 e. The lowest BCUT2D eigenvalue weighted by molar-refractivity contribution is -0.123. The standard InChI is InChI=1S/C33H24O/c34-31-32(21-11-3-1-4-12-21)27-19-20-28(27)33(31,22-13-5-2-6-14-22)30-26-18-10-8-16-24(26)23-15-7-9-17-25(23)29(30)32/h1-18,27-28H,19-20H2/t27-,28+,32+,33-. The summed E-state index contributed by atoms with van der Waals surface area (Å²) in [7, 11) is 0. The van der Waals surface area contributed by atoms with Gasteiger partial charge in [0, 0.05) is 0 Å². The topological polar surface area (TPSA) is 17.1 Å². The Labute approximate surface area is 199 Å². The Hall–Kier alpha value is -3.71. The Morgan fingerprint density at radius 1 is 0.471 bits per heavy atom. The van der Waals surface area contributed by atoms with Crippen LogP contribution in [0.4, 0.5) is 0 Å². The summed E-state index contributed by atoms with van der Waals surface area (Å²) in [5.41, 5.74) is 3.74. The average molecular weight is 437 g/mol. The third kappa shape index (κ3) is 1.83. The number of Topliss-reactive ketones (excluding diaryl/α,β-unsaturated/α-hetero) is 1. The predicted molar refractivity (Wildman–Crippen MR) is 137 cm³/mol. The molecule has 0 unspecified atom stereocenters. The van der Waals surface area contributed by atoms with Crippen molar-refractivity contribution in [3.63, 3.8) is 0 Å². The molecule has 8 rings (SSSR count). The molecule has 2 fully saturated rings. The van der Waals surface area contributed by atoms with Crippen molar-refractivity contribution in [1.82, 2.24) is 0 Å². The van der Waals surface area contributed by atoms with Crippen molar-refractivity contribution in [3.05, 3.63) is 131 Å². The number of carbonyl (C=O) groups is 1. The molecule has 4 atom stereocenters. The fraction of sp³-hybridized carbons (Fsp3) is 0.182. The highest BCUT2D eigenvalue weighted by Crippen LogP contribution is 2.75.